The number of benzene rings is 1. The Kier molecular flexibility index (Phi) is 4.20. The minimum atomic E-state index is -4.86. The van der Waals surface area contributed by atoms with E-state index in [-0.39, 0.29) is 16.7 Å². The van der Waals surface area contributed by atoms with E-state index in [0.717, 1.165) is 19.2 Å². The van der Waals surface area contributed by atoms with E-state index in [9.17, 15) is 22.8 Å². The summed E-state index contributed by atoms with van der Waals surface area (Å²) in [7, 11) is 1.09. The maximum atomic E-state index is 12.4. The number of pyridine rings is 1. The fourth-order valence-corrected chi connectivity index (χ4v) is 1.82. The van der Waals surface area contributed by atoms with Gasteiger partial charge in [0.25, 0.3) is 5.56 Å². The number of alkyl halides is 3. The minimum absolute atomic E-state index is 0.0706. The zero-order valence-electron chi connectivity index (χ0n) is 11.2. The van der Waals surface area contributed by atoms with Gasteiger partial charge in [0.2, 0.25) is 0 Å². The van der Waals surface area contributed by atoms with Gasteiger partial charge >= 0.3 is 12.3 Å². The highest BCUT2D eigenvalue weighted by Crippen LogP contribution is 2.33. The molecule has 22 heavy (non-hydrogen) atoms. The molecule has 0 aliphatic carbocycles. The summed E-state index contributed by atoms with van der Waals surface area (Å²) in [4.78, 5) is 25.3. The van der Waals surface area contributed by atoms with Crippen molar-refractivity contribution < 1.29 is 27.4 Å². The zero-order valence-corrected chi connectivity index (χ0v) is 11.2. The van der Waals surface area contributed by atoms with Gasteiger partial charge in [-0.2, -0.15) is 0 Å². The number of aromatic nitrogens is 1. The fourth-order valence-electron chi connectivity index (χ4n) is 1.82. The van der Waals surface area contributed by atoms with Crippen LogP contribution in [0.5, 0.6) is 5.75 Å². The first-order chi connectivity index (χ1) is 10.3. The number of para-hydroxylation sites is 1. The number of nitrogens with one attached hydrogen (secondary N) is 1. The van der Waals surface area contributed by atoms with Crippen molar-refractivity contribution in [2.45, 2.75) is 6.36 Å². The summed E-state index contributed by atoms with van der Waals surface area (Å²) in [6, 6.07) is 6.52. The first kappa shape index (κ1) is 15.6. The Labute approximate surface area is 122 Å². The van der Waals surface area contributed by atoms with Crippen LogP contribution in [-0.4, -0.2) is 24.4 Å². The Morgan fingerprint density at radius 1 is 1.23 bits per heavy atom. The number of carbonyl (C=O) groups excluding carboxylic acids is 1. The van der Waals surface area contributed by atoms with Crippen molar-refractivity contribution in [3.05, 3.63) is 52.4 Å². The van der Waals surface area contributed by atoms with Crippen LogP contribution in [0, 0.1) is 0 Å². The average molecular weight is 313 g/mol. The van der Waals surface area contributed by atoms with E-state index >= 15 is 0 Å². The van der Waals surface area contributed by atoms with E-state index in [4.69, 9.17) is 0 Å². The standard InChI is InChI=1S/C14H10F3NO4/c1-21-13(20)10-6-8(7-18-12(10)19)9-4-2-3-5-11(9)22-14(15,16)17/h2-7H,1H3,(H,18,19). The molecule has 1 aromatic carbocycles. The van der Waals surface area contributed by atoms with Gasteiger partial charge in [-0.3, -0.25) is 4.79 Å². The summed E-state index contributed by atoms with van der Waals surface area (Å²) in [6.45, 7) is 0. The topological polar surface area (TPSA) is 68.4 Å². The molecule has 1 N–H and O–H groups in total. The van der Waals surface area contributed by atoms with Gasteiger partial charge < -0.3 is 14.5 Å². The van der Waals surface area contributed by atoms with Crippen molar-refractivity contribution in [1.29, 1.82) is 0 Å². The molecule has 0 bridgehead atoms. The summed E-state index contributed by atoms with van der Waals surface area (Å²) >= 11 is 0. The molecule has 2 aromatic rings. The second kappa shape index (κ2) is 5.92. The number of H-pyrrole nitrogens is 1. The van der Waals surface area contributed by atoms with Gasteiger partial charge in [-0.15, -0.1) is 13.2 Å². The number of carbonyl (C=O) groups is 1. The molecule has 0 amide bonds. The lowest BCUT2D eigenvalue weighted by atomic mass is 10.0. The lowest BCUT2D eigenvalue weighted by molar-refractivity contribution is -0.274. The summed E-state index contributed by atoms with van der Waals surface area (Å²) in [5.74, 6) is -1.34. The zero-order chi connectivity index (χ0) is 16.3. The Morgan fingerprint density at radius 2 is 1.91 bits per heavy atom. The predicted molar refractivity (Wildman–Crippen MR) is 70.5 cm³/mol. The molecule has 116 valence electrons. The van der Waals surface area contributed by atoms with Crippen LogP contribution in [-0.2, 0) is 4.74 Å². The number of methoxy groups -OCH3 is 1. The Morgan fingerprint density at radius 3 is 2.55 bits per heavy atom. The molecule has 0 spiro atoms. The van der Waals surface area contributed by atoms with E-state index in [1.54, 1.807) is 0 Å². The SMILES string of the molecule is COC(=O)c1cc(-c2ccccc2OC(F)(F)F)c[nH]c1=O. The van der Waals surface area contributed by atoms with E-state index in [1.165, 1.54) is 24.4 Å². The minimum Gasteiger partial charge on any atom is -0.465 e. The van der Waals surface area contributed by atoms with E-state index < -0.39 is 23.6 Å². The maximum Gasteiger partial charge on any atom is 0.573 e. The molecular weight excluding hydrogens is 303 g/mol. The van der Waals surface area contributed by atoms with Gasteiger partial charge in [0.1, 0.15) is 11.3 Å². The molecule has 5 nitrogen and oxygen atoms in total. The smallest absolute Gasteiger partial charge is 0.465 e. The van der Waals surface area contributed by atoms with Crippen LogP contribution in [0.25, 0.3) is 11.1 Å². The number of aromatic amines is 1. The van der Waals surface area contributed by atoms with Crippen LogP contribution in [0.4, 0.5) is 13.2 Å². The first-order valence-electron chi connectivity index (χ1n) is 5.98. The normalized spacial score (nSPS) is 11.1. The molecule has 2 rings (SSSR count). The molecule has 8 heteroatoms. The molecule has 1 heterocycles. The highest BCUT2D eigenvalue weighted by molar-refractivity contribution is 5.90. The lowest BCUT2D eigenvalue weighted by Crippen LogP contribution is -2.19. The van der Waals surface area contributed by atoms with E-state index in [0.29, 0.717) is 0 Å². The molecule has 0 saturated carbocycles. The number of rotatable bonds is 3. The van der Waals surface area contributed by atoms with Gasteiger partial charge in [-0.1, -0.05) is 18.2 Å². The maximum absolute atomic E-state index is 12.4. The third kappa shape index (κ3) is 3.46. The fraction of sp³-hybridized carbons (Fsp3) is 0.143. The molecule has 0 atom stereocenters. The van der Waals surface area contributed by atoms with Gasteiger partial charge in [0.05, 0.1) is 7.11 Å². The summed E-state index contributed by atoms with van der Waals surface area (Å²) in [5.41, 5.74) is -0.771. The van der Waals surface area contributed by atoms with E-state index in [1.807, 2.05) is 0 Å². The molecule has 1 aromatic heterocycles. The third-order valence-electron chi connectivity index (χ3n) is 2.73. The molecule has 0 aliphatic heterocycles. The number of halogens is 3. The highest BCUT2D eigenvalue weighted by Gasteiger charge is 2.32. The van der Waals surface area contributed by atoms with Gasteiger partial charge in [0.15, 0.2) is 0 Å². The van der Waals surface area contributed by atoms with Gasteiger partial charge in [0, 0.05) is 17.3 Å². The molecule has 0 unspecified atom stereocenters. The van der Waals surface area contributed by atoms with Crippen LogP contribution in [0.2, 0.25) is 0 Å². The van der Waals surface area contributed by atoms with Gasteiger partial charge in [-0.25, -0.2) is 4.79 Å². The molecule has 0 radical (unpaired) electrons. The molecule has 0 fully saturated rings. The Balaban J connectivity index is 2.53. The van der Waals surface area contributed by atoms with Gasteiger partial charge in [-0.05, 0) is 12.1 Å². The third-order valence-corrected chi connectivity index (χ3v) is 2.73. The van der Waals surface area contributed by atoms with Crippen molar-refractivity contribution >= 4 is 5.97 Å². The quantitative estimate of drug-likeness (QED) is 0.885. The molecular formula is C14H10F3NO4. The summed E-state index contributed by atoms with van der Waals surface area (Å²) in [5, 5.41) is 0. The lowest BCUT2D eigenvalue weighted by Gasteiger charge is -2.13. The summed E-state index contributed by atoms with van der Waals surface area (Å²) in [6.07, 6.45) is -3.67. The molecule has 0 saturated heterocycles. The van der Waals surface area contributed by atoms with Crippen LogP contribution in [0.15, 0.2) is 41.3 Å². The van der Waals surface area contributed by atoms with Crippen molar-refractivity contribution in [3.63, 3.8) is 0 Å². The van der Waals surface area contributed by atoms with Crippen molar-refractivity contribution in [2.24, 2.45) is 0 Å². The number of esters is 1. The predicted octanol–water partition coefficient (Wildman–Crippen LogP) is 2.73. The Bertz CT molecular complexity index is 752. The number of hydrogen-bond donors (Lipinski definition) is 1. The number of hydrogen-bond acceptors (Lipinski definition) is 4. The van der Waals surface area contributed by atoms with Crippen molar-refractivity contribution in [2.75, 3.05) is 7.11 Å². The highest BCUT2D eigenvalue weighted by atomic mass is 19.4. The monoisotopic (exact) mass is 313 g/mol. The van der Waals surface area contributed by atoms with E-state index in [2.05, 4.69) is 14.5 Å². The molecule has 0 aliphatic rings. The van der Waals surface area contributed by atoms with Crippen molar-refractivity contribution in [1.82, 2.24) is 4.98 Å². The van der Waals surface area contributed by atoms with Crippen molar-refractivity contribution in [3.8, 4) is 16.9 Å². The van der Waals surface area contributed by atoms with Crippen LogP contribution in [0.3, 0.4) is 0 Å². The van der Waals surface area contributed by atoms with Crippen LogP contribution >= 0.6 is 0 Å². The van der Waals surface area contributed by atoms with Crippen LogP contribution in [0.1, 0.15) is 10.4 Å². The van der Waals surface area contributed by atoms with Crippen LogP contribution < -0.4 is 10.3 Å². The summed E-state index contributed by atoms with van der Waals surface area (Å²) < 4.78 is 45.6. The number of ether oxygens (including phenoxy) is 2. The average Bonchev–Trinajstić information content (AvgIpc) is 2.46. The first-order valence-corrected chi connectivity index (χ1v) is 5.98. The Hall–Kier alpha value is -2.77. The second-order valence-electron chi connectivity index (χ2n) is 4.17. The second-order valence-corrected chi connectivity index (χ2v) is 4.17. The largest absolute Gasteiger partial charge is 0.573 e.